The molecule has 4 aromatic heterocycles. The second-order valence-corrected chi connectivity index (χ2v) is 16.8. The molecule has 8 aromatic carbocycles. The van der Waals surface area contributed by atoms with Crippen LogP contribution in [-0.4, -0.2) is 0 Å². The molecule has 0 saturated carbocycles. The van der Waals surface area contributed by atoms with E-state index in [2.05, 4.69) is 163 Å². The molecule has 12 rings (SSSR count). The van der Waals surface area contributed by atoms with Gasteiger partial charge in [-0.1, -0.05) is 103 Å². The quantitative estimate of drug-likeness (QED) is 0.179. The van der Waals surface area contributed by atoms with Gasteiger partial charge in [0.05, 0.1) is 20.8 Å². The lowest BCUT2D eigenvalue weighted by Crippen LogP contribution is -2.10. The Hall–Kier alpha value is -5.98. The second kappa shape index (κ2) is 11.3. The molecule has 4 heterocycles. The highest BCUT2D eigenvalue weighted by Crippen LogP contribution is 2.50. The molecule has 2 nitrogen and oxygen atoms in total. The average Bonchev–Trinajstić information content (AvgIpc) is 3.98. The number of hydrogen-bond donors (Lipinski definition) is 0. The number of fused-ring (bicyclic) bond motifs is 13. The summed E-state index contributed by atoms with van der Waals surface area (Å²) in [5, 5.41) is 10.1. The SMILES string of the molecule is c1ccc2c(c1)oc1ccc3sc4cccc(-c5ccc(N(c6cccc7c6sc6ccccc67)c6cccc7c6sc6ccccc67)cc5)c4c3c12. The molecule has 0 aliphatic heterocycles. The largest absolute Gasteiger partial charge is 0.456 e. The van der Waals surface area contributed by atoms with Crippen LogP contribution in [0.3, 0.4) is 0 Å². The molecule has 0 spiro atoms. The van der Waals surface area contributed by atoms with Crippen molar-refractivity contribution in [2.24, 2.45) is 0 Å². The molecule has 248 valence electrons. The van der Waals surface area contributed by atoms with Gasteiger partial charge in [-0.15, -0.1) is 34.0 Å². The van der Waals surface area contributed by atoms with Crippen LogP contribution in [0.15, 0.2) is 168 Å². The highest BCUT2D eigenvalue weighted by Gasteiger charge is 2.22. The Bertz CT molecular complexity index is 3300. The van der Waals surface area contributed by atoms with E-state index in [1.54, 1.807) is 0 Å². The van der Waals surface area contributed by atoms with Crippen LogP contribution in [-0.2, 0) is 0 Å². The first-order chi connectivity index (χ1) is 26.3. The van der Waals surface area contributed by atoms with Crippen molar-refractivity contribution < 1.29 is 4.42 Å². The van der Waals surface area contributed by atoms with Crippen LogP contribution in [0.1, 0.15) is 0 Å². The van der Waals surface area contributed by atoms with Gasteiger partial charge in [-0.2, -0.15) is 0 Å². The van der Waals surface area contributed by atoms with Gasteiger partial charge in [-0.05, 0) is 71.8 Å². The molecule has 0 unspecified atom stereocenters. The summed E-state index contributed by atoms with van der Waals surface area (Å²) in [6.45, 7) is 0. The number of benzene rings is 8. The van der Waals surface area contributed by atoms with Gasteiger partial charge in [0.1, 0.15) is 11.2 Å². The highest BCUT2D eigenvalue weighted by atomic mass is 32.1. The minimum Gasteiger partial charge on any atom is -0.456 e. The Morgan fingerprint density at radius 3 is 1.62 bits per heavy atom. The van der Waals surface area contributed by atoms with Crippen LogP contribution in [0.5, 0.6) is 0 Å². The summed E-state index contributed by atoms with van der Waals surface area (Å²) in [6, 6.07) is 59.8. The summed E-state index contributed by atoms with van der Waals surface area (Å²) < 4.78 is 14.1. The fourth-order valence-corrected chi connectivity index (χ4v) is 11.9. The van der Waals surface area contributed by atoms with Crippen molar-refractivity contribution in [2.75, 3.05) is 4.90 Å². The molecule has 0 fully saturated rings. The van der Waals surface area contributed by atoms with Crippen LogP contribution in [0.25, 0.3) is 93.6 Å². The highest BCUT2D eigenvalue weighted by molar-refractivity contribution is 7.27. The van der Waals surface area contributed by atoms with Gasteiger partial charge in [0.2, 0.25) is 0 Å². The number of furan rings is 1. The van der Waals surface area contributed by atoms with Gasteiger partial charge >= 0.3 is 0 Å². The molecule has 0 radical (unpaired) electrons. The zero-order valence-corrected chi connectivity index (χ0v) is 30.6. The Labute approximate surface area is 316 Å². The maximum absolute atomic E-state index is 6.35. The van der Waals surface area contributed by atoms with Gasteiger partial charge in [-0.25, -0.2) is 0 Å². The number of hydrogen-bond acceptors (Lipinski definition) is 5. The Morgan fingerprint density at radius 1 is 0.358 bits per heavy atom. The Balaban J connectivity index is 1.09. The fourth-order valence-electron chi connectivity index (χ4n) is 8.38. The smallest absolute Gasteiger partial charge is 0.136 e. The normalized spacial score (nSPS) is 12.2. The fraction of sp³-hybridized carbons (Fsp3) is 0. The molecule has 0 saturated heterocycles. The maximum atomic E-state index is 6.35. The molecule has 12 aromatic rings. The van der Waals surface area contributed by atoms with Crippen LogP contribution in [0.4, 0.5) is 17.1 Å². The predicted octanol–water partition coefficient (Wildman–Crippen LogP) is 15.8. The lowest BCUT2D eigenvalue weighted by molar-refractivity contribution is 0.669. The standard InChI is InChI=1S/C48H27NOS3/c1-4-18-38-35(12-1)44-39(50-38)26-27-43-46(44)45-30(13-9-21-42(45)51-43)28-22-24-29(25-23-28)49(36-16-7-14-33-31-10-2-5-19-40(31)52-47(33)36)37-17-8-15-34-32-11-3-6-20-41(32)53-48(34)37/h1-27H. The minimum atomic E-state index is 0.929. The molecular weight excluding hydrogens is 703 g/mol. The van der Waals surface area contributed by atoms with E-state index in [1.165, 1.54) is 93.8 Å². The number of rotatable bonds is 4. The second-order valence-electron chi connectivity index (χ2n) is 13.6. The zero-order chi connectivity index (χ0) is 34.6. The van der Waals surface area contributed by atoms with Crippen molar-refractivity contribution >= 4 is 134 Å². The number of nitrogens with zero attached hydrogens (tertiary/aromatic N) is 1. The topological polar surface area (TPSA) is 16.4 Å². The number of anilines is 3. The first-order valence-electron chi connectivity index (χ1n) is 17.7. The van der Waals surface area contributed by atoms with Crippen molar-refractivity contribution in [2.45, 2.75) is 0 Å². The summed E-state index contributed by atoms with van der Waals surface area (Å²) in [5.74, 6) is 0. The van der Waals surface area contributed by atoms with E-state index >= 15 is 0 Å². The first kappa shape index (κ1) is 29.6. The van der Waals surface area contributed by atoms with Crippen LogP contribution < -0.4 is 4.90 Å². The molecule has 0 aliphatic rings. The third kappa shape index (κ3) is 4.30. The Morgan fingerprint density at radius 2 is 0.925 bits per heavy atom. The number of thiophene rings is 3. The zero-order valence-electron chi connectivity index (χ0n) is 28.2. The van der Waals surface area contributed by atoms with E-state index in [4.69, 9.17) is 4.42 Å². The summed E-state index contributed by atoms with van der Waals surface area (Å²) in [6.07, 6.45) is 0. The van der Waals surface area contributed by atoms with E-state index in [1.807, 2.05) is 40.1 Å². The number of para-hydroxylation sites is 1. The van der Waals surface area contributed by atoms with E-state index in [9.17, 15) is 0 Å². The molecule has 0 bridgehead atoms. The summed E-state index contributed by atoms with van der Waals surface area (Å²) in [4.78, 5) is 2.49. The Kier molecular flexibility index (Phi) is 6.28. The average molecular weight is 730 g/mol. The molecule has 0 atom stereocenters. The maximum Gasteiger partial charge on any atom is 0.136 e. The molecule has 0 amide bonds. The van der Waals surface area contributed by atoms with Gasteiger partial charge in [0, 0.05) is 67.6 Å². The van der Waals surface area contributed by atoms with Crippen molar-refractivity contribution in [3.05, 3.63) is 164 Å². The van der Waals surface area contributed by atoms with Crippen molar-refractivity contribution in [1.29, 1.82) is 0 Å². The minimum absolute atomic E-state index is 0.929. The first-order valence-corrected chi connectivity index (χ1v) is 20.2. The van der Waals surface area contributed by atoms with E-state index in [-0.39, 0.29) is 0 Å². The molecule has 5 heteroatoms. The predicted molar refractivity (Wildman–Crippen MR) is 233 cm³/mol. The lowest BCUT2D eigenvalue weighted by atomic mass is 9.97. The molecule has 0 aliphatic carbocycles. The van der Waals surface area contributed by atoms with Gasteiger partial charge < -0.3 is 9.32 Å². The van der Waals surface area contributed by atoms with Crippen LogP contribution >= 0.6 is 34.0 Å². The van der Waals surface area contributed by atoms with E-state index < -0.39 is 0 Å². The lowest BCUT2D eigenvalue weighted by Gasteiger charge is -2.27. The third-order valence-corrected chi connectivity index (χ3v) is 14.2. The van der Waals surface area contributed by atoms with Crippen molar-refractivity contribution in [3.8, 4) is 11.1 Å². The summed E-state index contributed by atoms with van der Waals surface area (Å²) in [5.41, 5.74) is 7.83. The molecule has 0 N–H and O–H groups in total. The van der Waals surface area contributed by atoms with Crippen LogP contribution in [0, 0.1) is 0 Å². The van der Waals surface area contributed by atoms with Gasteiger partial charge in [-0.3, -0.25) is 0 Å². The van der Waals surface area contributed by atoms with Crippen molar-refractivity contribution in [1.82, 2.24) is 0 Å². The summed E-state index contributed by atoms with van der Waals surface area (Å²) in [7, 11) is 0. The van der Waals surface area contributed by atoms with Crippen LogP contribution in [0.2, 0.25) is 0 Å². The summed E-state index contributed by atoms with van der Waals surface area (Å²) >= 11 is 5.61. The van der Waals surface area contributed by atoms with Gasteiger partial charge in [0.15, 0.2) is 0 Å². The molecular formula is C48H27NOS3. The third-order valence-electron chi connectivity index (χ3n) is 10.7. The molecule has 53 heavy (non-hydrogen) atoms. The monoisotopic (exact) mass is 729 g/mol. The van der Waals surface area contributed by atoms with Crippen molar-refractivity contribution in [3.63, 3.8) is 0 Å². The van der Waals surface area contributed by atoms with E-state index in [0.717, 1.165) is 16.9 Å². The van der Waals surface area contributed by atoms with Gasteiger partial charge in [0.25, 0.3) is 0 Å². The van der Waals surface area contributed by atoms with E-state index in [0.29, 0.717) is 0 Å².